The average Bonchev–Trinajstić information content (AvgIpc) is 2.57. The van der Waals surface area contributed by atoms with Crippen LogP contribution in [0.15, 0.2) is 48.5 Å². The van der Waals surface area contributed by atoms with E-state index in [9.17, 15) is 4.79 Å². The molecule has 0 aliphatic heterocycles. The Balaban J connectivity index is 1.96. The van der Waals surface area contributed by atoms with E-state index >= 15 is 0 Å². The molecule has 2 aromatic rings. The Morgan fingerprint density at radius 1 is 1.17 bits per heavy atom. The monoisotopic (exact) mass is 362 g/mol. The molecule has 2 rings (SSSR count). The topological polar surface area (TPSA) is 50.4 Å². The van der Waals surface area contributed by atoms with Gasteiger partial charge in [-0.25, -0.2) is 0 Å². The molecule has 0 saturated heterocycles. The molecule has 0 atom stereocenters. The Labute approximate surface area is 152 Å². The van der Waals surface area contributed by atoms with Crippen LogP contribution in [0.5, 0.6) is 5.75 Å². The molecule has 0 unspecified atom stereocenters. The first-order valence-electron chi connectivity index (χ1n) is 7.70. The number of thiocarbonyl (C=S) groups is 1. The van der Waals surface area contributed by atoms with Crippen molar-refractivity contribution in [2.24, 2.45) is 0 Å². The molecule has 126 valence electrons. The van der Waals surface area contributed by atoms with Crippen LogP contribution in [-0.4, -0.2) is 17.6 Å². The highest BCUT2D eigenvalue weighted by molar-refractivity contribution is 7.80. The fourth-order valence-corrected chi connectivity index (χ4v) is 2.28. The van der Waals surface area contributed by atoms with Crippen molar-refractivity contribution in [3.8, 4) is 5.75 Å². The molecule has 4 nitrogen and oxygen atoms in total. The van der Waals surface area contributed by atoms with Gasteiger partial charge in [-0.2, -0.15) is 0 Å². The molecule has 0 aliphatic rings. The van der Waals surface area contributed by atoms with E-state index in [1.54, 1.807) is 24.3 Å². The largest absolute Gasteiger partial charge is 0.491 e. The quantitative estimate of drug-likeness (QED) is 0.580. The number of carbonyl (C=O) groups excluding carboxylic acids is 1. The minimum Gasteiger partial charge on any atom is -0.491 e. The van der Waals surface area contributed by atoms with Crippen LogP contribution in [0.1, 0.15) is 30.1 Å². The minimum atomic E-state index is -0.298. The van der Waals surface area contributed by atoms with Crippen molar-refractivity contribution in [3.63, 3.8) is 0 Å². The summed E-state index contributed by atoms with van der Waals surface area (Å²) in [6, 6.07) is 14.1. The molecule has 0 fully saturated rings. The normalized spacial score (nSPS) is 10.1. The van der Waals surface area contributed by atoms with E-state index < -0.39 is 0 Å². The lowest BCUT2D eigenvalue weighted by Crippen LogP contribution is -2.34. The van der Waals surface area contributed by atoms with Gasteiger partial charge in [0.1, 0.15) is 5.75 Å². The fraction of sp³-hybridized carbons (Fsp3) is 0.222. The first-order chi connectivity index (χ1) is 11.6. The third-order valence-electron chi connectivity index (χ3n) is 3.22. The summed E-state index contributed by atoms with van der Waals surface area (Å²) in [5.41, 5.74) is 1.20. The molecule has 0 radical (unpaired) electrons. The van der Waals surface area contributed by atoms with Crippen LogP contribution in [0.2, 0.25) is 5.02 Å². The maximum atomic E-state index is 12.1. The highest BCUT2D eigenvalue weighted by Gasteiger charge is 2.10. The summed E-state index contributed by atoms with van der Waals surface area (Å²) >= 11 is 11.0. The zero-order valence-corrected chi connectivity index (χ0v) is 14.9. The van der Waals surface area contributed by atoms with Gasteiger partial charge in [-0.1, -0.05) is 37.1 Å². The molecule has 0 aliphatic carbocycles. The maximum Gasteiger partial charge on any atom is 0.257 e. The summed E-state index contributed by atoms with van der Waals surface area (Å²) in [6.07, 6.45) is 2.04. The predicted molar refractivity (Wildman–Crippen MR) is 102 cm³/mol. The van der Waals surface area contributed by atoms with Crippen LogP contribution in [0.4, 0.5) is 5.69 Å². The lowest BCUT2D eigenvalue weighted by atomic mass is 10.2. The summed E-state index contributed by atoms with van der Waals surface area (Å²) in [5.74, 6) is 0.405. The van der Waals surface area contributed by atoms with Crippen molar-refractivity contribution in [2.75, 3.05) is 11.9 Å². The Morgan fingerprint density at radius 3 is 2.58 bits per heavy atom. The number of anilines is 1. The van der Waals surface area contributed by atoms with Crippen LogP contribution in [0, 0.1) is 0 Å². The lowest BCUT2D eigenvalue weighted by Gasteiger charge is -2.14. The summed E-state index contributed by atoms with van der Waals surface area (Å²) in [6.45, 7) is 2.74. The Hall–Kier alpha value is -2.11. The summed E-state index contributed by atoms with van der Waals surface area (Å²) in [7, 11) is 0. The molecule has 2 aromatic carbocycles. The fourth-order valence-electron chi connectivity index (χ4n) is 1.95. The molecular weight excluding hydrogens is 344 g/mol. The number of carbonyl (C=O) groups is 1. The molecule has 0 saturated carbocycles. The molecule has 1 amide bonds. The van der Waals surface area contributed by atoms with Crippen LogP contribution >= 0.6 is 23.8 Å². The van der Waals surface area contributed by atoms with Crippen molar-refractivity contribution >= 4 is 40.5 Å². The summed E-state index contributed by atoms with van der Waals surface area (Å²) < 4.78 is 5.73. The van der Waals surface area contributed by atoms with E-state index in [0.29, 0.717) is 22.9 Å². The zero-order valence-electron chi connectivity index (χ0n) is 13.3. The van der Waals surface area contributed by atoms with Crippen molar-refractivity contribution in [1.82, 2.24) is 5.32 Å². The second kappa shape index (κ2) is 9.25. The van der Waals surface area contributed by atoms with E-state index in [1.807, 2.05) is 24.3 Å². The van der Waals surface area contributed by atoms with Gasteiger partial charge >= 0.3 is 0 Å². The van der Waals surface area contributed by atoms with Gasteiger partial charge in [-0.05, 0) is 55.0 Å². The molecule has 0 bridgehead atoms. The predicted octanol–water partition coefficient (Wildman–Crippen LogP) is 4.65. The van der Waals surface area contributed by atoms with E-state index in [1.165, 1.54) is 0 Å². The highest BCUT2D eigenvalue weighted by Crippen LogP contribution is 2.23. The van der Waals surface area contributed by atoms with Gasteiger partial charge in [0, 0.05) is 10.6 Å². The Bertz CT molecular complexity index is 704. The van der Waals surface area contributed by atoms with Crippen molar-refractivity contribution in [2.45, 2.75) is 19.8 Å². The third-order valence-corrected chi connectivity index (χ3v) is 3.68. The third kappa shape index (κ3) is 5.51. The molecule has 24 heavy (non-hydrogen) atoms. The number of unbranched alkanes of at least 4 members (excludes halogenated alkanes) is 1. The van der Waals surface area contributed by atoms with Crippen molar-refractivity contribution in [3.05, 3.63) is 59.1 Å². The second-order valence-corrected chi connectivity index (χ2v) is 5.96. The van der Waals surface area contributed by atoms with Crippen LogP contribution < -0.4 is 15.4 Å². The average molecular weight is 363 g/mol. The highest BCUT2D eigenvalue weighted by atomic mass is 35.5. The van der Waals surface area contributed by atoms with Crippen molar-refractivity contribution in [1.29, 1.82) is 0 Å². The molecule has 6 heteroatoms. The number of nitrogens with one attached hydrogen (secondary N) is 2. The first kappa shape index (κ1) is 18.2. The number of ether oxygens (including phenoxy) is 1. The van der Waals surface area contributed by atoms with E-state index in [4.69, 9.17) is 28.6 Å². The number of hydrogen-bond acceptors (Lipinski definition) is 3. The Kier molecular flexibility index (Phi) is 7.03. The number of amides is 1. The van der Waals surface area contributed by atoms with Gasteiger partial charge in [-0.15, -0.1) is 0 Å². The van der Waals surface area contributed by atoms with Gasteiger partial charge in [0.2, 0.25) is 0 Å². The first-order valence-corrected chi connectivity index (χ1v) is 8.48. The number of para-hydroxylation sites is 2. The van der Waals surface area contributed by atoms with Crippen LogP contribution in [-0.2, 0) is 0 Å². The minimum absolute atomic E-state index is 0.210. The van der Waals surface area contributed by atoms with Gasteiger partial charge in [0.15, 0.2) is 5.11 Å². The number of halogens is 1. The van der Waals surface area contributed by atoms with Crippen LogP contribution in [0.3, 0.4) is 0 Å². The standard InChI is InChI=1S/C18H19ClN2O2S/c1-2-3-12-23-16-7-5-4-6-15(16)20-18(24)21-17(22)13-8-10-14(19)11-9-13/h4-11H,2-3,12H2,1H3,(H2,20,21,22,24). The van der Waals surface area contributed by atoms with E-state index in [2.05, 4.69) is 17.6 Å². The summed E-state index contributed by atoms with van der Waals surface area (Å²) in [4.78, 5) is 12.1. The Morgan fingerprint density at radius 2 is 1.88 bits per heavy atom. The number of benzene rings is 2. The molecule has 0 aromatic heterocycles. The number of rotatable bonds is 6. The van der Waals surface area contributed by atoms with Crippen LogP contribution in [0.25, 0.3) is 0 Å². The van der Waals surface area contributed by atoms with Crippen molar-refractivity contribution < 1.29 is 9.53 Å². The van der Waals surface area contributed by atoms with Gasteiger partial charge in [0.05, 0.1) is 12.3 Å². The van der Waals surface area contributed by atoms with Gasteiger partial charge in [-0.3, -0.25) is 10.1 Å². The second-order valence-electron chi connectivity index (χ2n) is 5.11. The molecular formula is C18H19ClN2O2S. The van der Waals surface area contributed by atoms with Gasteiger partial charge in [0.25, 0.3) is 5.91 Å². The molecule has 2 N–H and O–H groups in total. The SMILES string of the molecule is CCCCOc1ccccc1NC(=S)NC(=O)c1ccc(Cl)cc1. The lowest BCUT2D eigenvalue weighted by molar-refractivity contribution is 0.0977. The number of hydrogen-bond donors (Lipinski definition) is 2. The smallest absolute Gasteiger partial charge is 0.257 e. The summed E-state index contributed by atoms with van der Waals surface area (Å²) in [5, 5.41) is 6.42. The zero-order chi connectivity index (χ0) is 17.4. The van der Waals surface area contributed by atoms with E-state index in [0.717, 1.165) is 18.5 Å². The maximum absolute atomic E-state index is 12.1. The van der Waals surface area contributed by atoms with Gasteiger partial charge < -0.3 is 10.1 Å². The van der Waals surface area contributed by atoms with E-state index in [-0.39, 0.29) is 11.0 Å². The molecule has 0 spiro atoms. The molecule has 0 heterocycles.